The summed E-state index contributed by atoms with van der Waals surface area (Å²) in [5, 5.41) is 2.18. The van der Waals surface area contributed by atoms with Crippen molar-refractivity contribution in [3.05, 3.63) is 24.3 Å². The Balaban J connectivity index is 2.98. The van der Waals surface area contributed by atoms with E-state index in [1.54, 1.807) is 0 Å². The standard InChI is InChI=1S/C9H6Cl2F3NO3S/c10-7(11)8(16)15-5-1-3-6(4-2-5)19(17,18)9(12,13)14/h1-4,7H,(H,15,16). The average molecular weight is 336 g/mol. The lowest BCUT2D eigenvalue weighted by atomic mass is 10.3. The third-order valence-electron chi connectivity index (χ3n) is 1.94. The number of hydrogen-bond acceptors (Lipinski definition) is 3. The van der Waals surface area contributed by atoms with Crippen molar-refractivity contribution < 1.29 is 26.4 Å². The van der Waals surface area contributed by atoms with Gasteiger partial charge in [0.1, 0.15) is 0 Å². The second-order valence-electron chi connectivity index (χ2n) is 3.26. The van der Waals surface area contributed by atoms with Crippen LogP contribution in [0.4, 0.5) is 18.9 Å². The molecule has 0 saturated heterocycles. The molecule has 0 atom stereocenters. The normalized spacial score (nSPS) is 12.5. The Labute approximate surface area is 116 Å². The zero-order chi connectivity index (χ0) is 14.8. The SMILES string of the molecule is O=C(Nc1ccc(S(=O)(=O)C(F)(F)F)cc1)C(Cl)Cl. The highest BCUT2D eigenvalue weighted by molar-refractivity contribution is 7.92. The summed E-state index contributed by atoms with van der Waals surface area (Å²) in [5.74, 6) is -0.783. The number of carbonyl (C=O) groups is 1. The van der Waals surface area contributed by atoms with Crippen molar-refractivity contribution >= 4 is 44.6 Å². The molecule has 1 amide bonds. The second-order valence-corrected chi connectivity index (χ2v) is 6.30. The van der Waals surface area contributed by atoms with Gasteiger partial charge in [0.2, 0.25) is 0 Å². The van der Waals surface area contributed by atoms with Gasteiger partial charge in [-0.2, -0.15) is 13.2 Å². The van der Waals surface area contributed by atoms with Crippen LogP contribution in [-0.2, 0) is 14.6 Å². The van der Waals surface area contributed by atoms with E-state index in [-0.39, 0.29) is 5.69 Å². The van der Waals surface area contributed by atoms with Gasteiger partial charge in [0.05, 0.1) is 4.90 Å². The van der Waals surface area contributed by atoms with Crippen LogP contribution in [0, 0.1) is 0 Å². The van der Waals surface area contributed by atoms with E-state index >= 15 is 0 Å². The number of alkyl halides is 5. The fourth-order valence-corrected chi connectivity index (χ4v) is 1.92. The molecule has 0 aromatic heterocycles. The van der Waals surface area contributed by atoms with Gasteiger partial charge < -0.3 is 5.32 Å². The van der Waals surface area contributed by atoms with Crippen LogP contribution in [-0.4, -0.2) is 24.7 Å². The van der Waals surface area contributed by atoms with Crippen LogP contribution in [0.2, 0.25) is 0 Å². The van der Waals surface area contributed by atoms with Crippen molar-refractivity contribution in [2.45, 2.75) is 15.2 Å². The number of sulfone groups is 1. The monoisotopic (exact) mass is 335 g/mol. The molecule has 0 aliphatic heterocycles. The second kappa shape index (κ2) is 5.56. The van der Waals surface area contributed by atoms with Crippen molar-refractivity contribution in [1.82, 2.24) is 0 Å². The first-order chi connectivity index (χ1) is 8.55. The van der Waals surface area contributed by atoms with E-state index < -0.39 is 31.0 Å². The zero-order valence-electron chi connectivity index (χ0n) is 8.91. The smallest absolute Gasteiger partial charge is 0.324 e. The van der Waals surface area contributed by atoms with E-state index in [4.69, 9.17) is 23.2 Å². The van der Waals surface area contributed by atoms with Gasteiger partial charge in [0.15, 0.2) is 4.84 Å². The van der Waals surface area contributed by atoms with Crippen LogP contribution in [0.3, 0.4) is 0 Å². The van der Waals surface area contributed by atoms with Gasteiger partial charge in [0, 0.05) is 5.69 Å². The summed E-state index contributed by atoms with van der Waals surface area (Å²) in [6.45, 7) is 0. The summed E-state index contributed by atoms with van der Waals surface area (Å²) < 4.78 is 58.8. The summed E-state index contributed by atoms with van der Waals surface area (Å²) >= 11 is 10.5. The van der Waals surface area contributed by atoms with Crippen LogP contribution >= 0.6 is 23.2 Å². The summed E-state index contributed by atoms with van der Waals surface area (Å²) in [6, 6.07) is 3.42. The Hall–Kier alpha value is -0.990. The number of carbonyl (C=O) groups excluding carboxylic acids is 1. The van der Waals surface area contributed by atoms with Gasteiger partial charge in [0.25, 0.3) is 15.7 Å². The predicted molar refractivity (Wildman–Crippen MR) is 63.8 cm³/mol. The number of halogens is 5. The van der Waals surface area contributed by atoms with Gasteiger partial charge >= 0.3 is 5.51 Å². The van der Waals surface area contributed by atoms with E-state index in [1.165, 1.54) is 0 Å². The molecule has 0 unspecified atom stereocenters. The topological polar surface area (TPSA) is 63.2 Å². The van der Waals surface area contributed by atoms with Gasteiger partial charge in [-0.25, -0.2) is 8.42 Å². The van der Waals surface area contributed by atoms with E-state index in [0.29, 0.717) is 0 Å². The number of nitrogens with one attached hydrogen (secondary N) is 1. The molecular formula is C9H6Cl2F3NO3S. The van der Waals surface area contributed by atoms with E-state index in [9.17, 15) is 26.4 Å². The minimum absolute atomic E-state index is 0.0671. The lowest BCUT2D eigenvalue weighted by Crippen LogP contribution is -2.23. The van der Waals surface area contributed by atoms with E-state index in [2.05, 4.69) is 5.32 Å². The van der Waals surface area contributed by atoms with Crippen LogP contribution in [0.15, 0.2) is 29.2 Å². The summed E-state index contributed by atoms with van der Waals surface area (Å²) in [6.07, 6.45) is 0. The van der Waals surface area contributed by atoms with Gasteiger partial charge in [-0.05, 0) is 24.3 Å². The molecule has 10 heteroatoms. The van der Waals surface area contributed by atoms with Crippen LogP contribution in [0.1, 0.15) is 0 Å². The van der Waals surface area contributed by atoms with Crippen molar-refractivity contribution in [1.29, 1.82) is 0 Å². The Bertz CT molecular complexity index is 569. The zero-order valence-corrected chi connectivity index (χ0v) is 11.2. The summed E-state index contributed by atoms with van der Waals surface area (Å²) in [5.41, 5.74) is -5.31. The average Bonchev–Trinajstić information content (AvgIpc) is 2.28. The van der Waals surface area contributed by atoms with Crippen molar-refractivity contribution in [2.24, 2.45) is 0 Å². The molecule has 1 rings (SSSR count). The molecule has 1 aromatic rings. The molecule has 0 radical (unpaired) electrons. The van der Waals surface area contributed by atoms with Crippen molar-refractivity contribution in [3.63, 3.8) is 0 Å². The quantitative estimate of drug-likeness (QED) is 0.864. The Morgan fingerprint density at radius 1 is 1.16 bits per heavy atom. The molecule has 4 nitrogen and oxygen atoms in total. The highest BCUT2D eigenvalue weighted by atomic mass is 35.5. The molecule has 0 heterocycles. The maximum absolute atomic E-state index is 12.2. The van der Waals surface area contributed by atoms with Crippen LogP contribution < -0.4 is 5.32 Å². The molecule has 19 heavy (non-hydrogen) atoms. The van der Waals surface area contributed by atoms with E-state index in [0.717, 1.165) is 24.3 Å². The molecule has 0 saturated carbocycles. The van der Waals surface area contributed by atoms with E-state index in [1.807, 2.05) is 0 Å². The highest BCUT2D eigenvalue weighted by Crippen LogP contribution is 2.30. The lowest BCUT2D eigenvalue weighted by Gasteiger charge is -2.09. The predicted octanol–water partition coefficient (Wildman–Crippen LogP) is 2.72. The van der Waals surface area contributed by atoms with Crippen molar-refractivity contribution in [3.8, 4) is 0 Å². The Kier molecular flexibility index (Phi) is 4.70. The van der Waals surface area contributed by atoms with Gasteiger partial charge in [-0.1, -0.05) is 23.2 Å². The van der Waals surface area contributed by atoms with Gasteiger partial charge in [-0.3, -0.25) is 4.79 Å². The van der Waals surface area contributed by atoms with Crippen molar-refractivity contribution in [2.75, 3.05) is 5.32 Å². The Morgan fingerprint density at radius 2 is 1.63 bits per heavy atom. The fraction of sp³-hybridized carbons (Fsp3) is 0.222. The molecule has 0 aliphatic carbocycles. The number of benzene rings is 1. The molecule has 1 N–H and O–H groups in total. The first-order valence-corrected chi connectivity index (χ1v) is 6.92. The van der Waals surface area contributed by atoms with Crippen LogP contribution in [0.25, 0.3) is 0 Å². The third kappa shape index (κ3) is 3.74. The highest BCUT2D eigenvalue weighted by Gasteiger charge is 2.46. The number of anilines is 1. The fourth-order valence-electron chi connectivity index (χ4n) is 1.05. The van der Waals surface area contributed by atoms with Gasteiger partial charge in [-0.15, -0.1) is 0 Å². The molecule has 0 fully saturated rings. The summed E-state index contributed by atoms with van der Waals surface area (Å²) in [7, 11) is -5.40. The first-order valence-electron chi connectivity index (χ1n) is 4.56. The maximum atomic E-state index is 12.2. The first kappa shape index (κ1) is 16.1. The minimum Gasteiger partial charge on any atom is -0.324 e. The molecular weight excluding hydrogens is 330 g/mol. The lowest BCUT2D eigenvalue weighted by molar-refractivity contribution is -0.114. The number of amides is 1. The largest absolute Gasteiger partial charge is 0.501 e. The molecule has 106 valence electrons. The molecule has 0 spiro atoms. The third-order valence-corrected chi connectivity index (χ3v) is 3.83. The maximum Gasteiger partial charge on any atom is 0.501 e. The number of rotatable bonds is 3. The minimum atomic E-state index is -5.40. The molecule has 0 aliphatic rings. The van der Waals surface area contributed by atoms with Crippen LogP contribution in [0.5, 0.6) is 0 Å². The summed E-state index contributed by atoms with van der Waals surface area (Å²) in [4.78, 5) is 8.81. The molecule has 1 aromatic carbocycles. The Morgan fingerprint density at radius 3 is 2.00 bits per heavy atom. The number of hydrogen-bond donors (Lipinski definition) is 1. The molecule has 0 bridgehead atoms.